The molecule has 4 rings (SSSR count). The summed E-state index contributed by atoms with van der Waals surface area (Å²) >= 11 is 0. The number of para-hydroxylation sites is 1. The number of rotatable bonds is 7. The molecular weight excluding hydrogens is 410 g/mol. The van der Waals surface area contributed by atoms with E-state index in [1.165, 1.54) is 0 Å². The first kappa shape index (κ1) is 21.2. The van der Waals surface area contributed by atoms with Gasteiger partial charge in [0, 0.05) is 16.8 Å². The van der Waals surface area contributed by atoms with Gasteiger partial charge in [0.25, 0.3) is 0 Å². The van der Waals surface area contributed by atoms with Crippen LogP contribution in [0.1, 0.15) is 25.5 Å². The summed E-state index contributed by atoms with van der Waals surface area (Å²) in [6, 6.07) is 12.4. The van der Waals surface area contributed by atoms with Crippen molar-refractivity contribution in [1.29, 1.82) is 0 Å². The van der Waals surface area contributed by atoms with E-state index in [1.54, 1.807) is 38.0 Å². The molecule has 1 aliphatic heterocycles. The van der Waals surface area contributed by atoms with E-state index in [4.69, 9.17) is 25.0 Å². The quantitative estimate of drug-likeness (QED) is 0.586. The fourth-order valence-corrected chi connectivity index (χ4v) is 3.85. The molecular formula is C23H25N5O4. The molecule has 166 valence electrons. The first-order valence-electron chi connectivity index (χ1n) is 10.2. The Morgan fingerprint density at radius 1 is 1.12 bits per heavy atom. The molecule has 1 aromatic heterocycles. The molecule has 0 saturated carbocycles. The van der Waals surface area contributed by atoms with E-state index in [1.807, 2.05) is 37.3 Å². The molecule has 1 amide bonds. The number of aromatic nitrogens is 3. The van der Waals surface area contributed by atoms with Gasteiger partial charge in [-0.25, -0.2) is 4.68 Å². The van der Waals surface area contributed by atoms with Gasteiger partial charge in [0.15, 0.2) is 17.3 Å². The lowest BCUT2D eigenvalue weighted by Gasteiger charge is -2.28. The maximum atomic E-state index is 12.4. The van der Waals surface area contributed by atoms with Crippen LogP contribution in [0.2, 0.25) is 0 Å². The highest BCUT2D eigenvalue weighted by Crippen LogP contribution is 2.40. The van der Waals surface area contributed by atoms with Gasteiger partial charge in [-0.15, -0.1) is 5.10 Å². The number of methoxy groups -OCH3 is 2. The molecule has 1 aliphatic rings. The number of hydrogen-bond acceptors (Lipinski definition) is 7. The molecule has 32 heavy (non-hydrogen) atoms. The SMILES string of the molecule is CCOc1ccccc1[C@H]1C(C(N)=O)=C(C)Nc2nc(-c3ccc(OC)c(OC)c3)nn21. The van der Waals surface area contributed by atoms with Crippen molar-refractivity contribution < 1.29 is 19.0 Å². The van der Waals surface area contributed by atoms with Gasteiger partial charge in [0.1, 0.15) is 11.8 Å². The predicted octanol–water partition coefficient (Wildman–Crippen LogP) is 3.14. The first-order chi connectivity index (χ1) is 15.5. The van der Waals surface area contributed by atoms with Crippen LogP contribution >= 0.6 is 0 Å². The molecule has 9 heteroatoms. The Hall–Kier alpha value is -4.01. The minimum atomic E-state index is -0.590. The van der Waals surface area contributed by atoms with Crippen molar-refractivity contribution in [2.75, 3.05) is 26.1 Å². The third-order valence-corrected chi connectivity index (χ3v) is 5.27. The second-order valence-corrected chi connectivity index (χ2v) is 7.17. The molecule has 0 unspecified atom stereocenters. The number of nitrogens with zero attached hydrogens (tertiary/aromatic N) is 3. The Kier molecular flexibility index (Phi) is 5.72. The van der Waals surface area contributed by atoms with E-state index in [2.05, 4.69) is 10.3 Å². The van der Waals surface area contributed by atoms with E-state index in [0.717, 1.165) is 11.1 Å². The molecule has 0 bridgehead atoms. The fraction of sp³-hybridized carbons (Fsp3) is 0.261. The maximum absolute atomic E-state index is 12.4. The molecule has 3 aromatic rings. The van der Waals surface area contributed by atoms with Gasteiger partial charge in [0.2, 0.25) is 11.9 Å². The zero-order chi connectivity index (χ0) is 22.8. The van der Waals surface area contributed by atoms with Gasteiger partial charge in [-0.05, 0) is 38.1 Å². The number of benzene rings is 2. The van der Waals surface area contributed by atoms with Gasteiger partial charge in [-0.2, -0.15) is 4.98 Å². The fourth-order valence-electron chi connectivity index (χ4n) is 3.85. The molecule has 0 aliphatic carbocycles. The van der Waals surface area contributed by atoms with Crippen LogP contribution in [0.25, 0.3) is 11.4 Å². The number of carbonyl (C=O) groups excluding carboxylic acids is 1. The number of allylic oxidation sites excluding steroid dienone is 1. The normalized spacial score (nSPS) is 15.1. The van der Waals surface area contributed by atoms with Crippen molar-refractivity contribution in [3.63, 3.8) is 0 Å². The molecule has 3 N–H and O–H groups in total. The smallest absolute Gasteiger partial charge is 0.248 e. The lowest BCUT2D eigenvalue weighted by Crippen LogP contribution is -2.32. The second-order valence-electron chi connectivity index (χ2n) is 7.17. The summed E-state index contributed by atoms with van der Waals surface area (Å²) in [5, 5.41) is 7.88. The van der Waals surface area contributed by atoms with Gasteiger partial charge in [-0.3, -0.25) is 4.79 Å². The highest BCUT2D eigenvalue weighted by atomic mass is 16.5. The third-order valence-electron chi connectivity index (χ3n) is 5.27. The highest BCUT2D eigenvalue weighted by molar-refractivity contribution is 5.95. The summed E-state index contributed by atoms with van der Waals surface area (Å²) in [4.78, 5) is 17.1. The Labute approximate surface area is 185 Å². The maximum Gasteiger partial charge on any atom is 0.248 e. The van der Waals surface area contributed by atoms with E-state index < -0.39 is 11.9 Å². The molecule has 2 aromatic carbocycles. The van der Waals surface area contributed by atoms with Crippen LogP contribution in [0.5, 0.6) is 17.2 Å². The molecule has 0 radical (unpaired) electrons. The lowest BCUT2D eigenvalue weighted by molar-refractivity contribution is -0.115. The number of anilines is 1. The number of amides is 1. The topological polar surface area (TPSA) is 114 Å². The Balaban J connectivity index is 1.87. The van der Waals surface area contributed by atoms with Crippen LogP contribution < -0.4 is 25.3 Å². The van der Waals surface area contributed by atoms with Crippen molar-refractivity contribution >= 4 is 11.9 Å². The molecule has 0 spiro atoms. The first-order valence-corrected chi connectivity index (χ1v) is 10.2. The number of ether oxygens (including phenoxy) is 3. The van der Waals surface area contributed by atoms with Crippen molar-refractivity contribution in [3.05, 3.63) is 59.3 Å². The summed E-state index contributed by atoms with van der Waals surface area (Å²) in [6.07, 6.45) is 0. The van der Waals surface area contributed by atoms with Crippen molar-refractivity contribution in [1.82, 2.24) is 14.8 Å². The standard InChI is InChI=1S/C23H25N5O4/c1-5-32-16-9-7-6-8-15(16)20-19(21(24)29)13(2)25-23-26-22(27-28(20)23)14-10-11-17(30-3)18(12-14)31-4/h6-12,20H,5H2,1-4H3,(H2,24,29)(H,25,26,27)/t20-/m0/s1. The van der Waals surface area contributed by atoms with Crippen molar-refractivity contribution in [2.45, 2.75) is 19.9 Å². The molecule has 0 saturated heterocycles. The van der Waals surface area contributed by atoms with E-state index >= 15 is 0 Å². The number of carbonyl (C=O) groups is 1. The predicted molar refractivity (Wildman–Crippen MR) is 120 cm³/mol. The van der Waals surface area contributed by atoms with Gasteiger partial charge in [-0.1, -0.05) is 18.2 Å². The number of hydrogen-bond donors (Lipinski definition) is 2. The summed E-state index contributed by atoms with van der Waals surface area (Å²) in [5.41, 5.74) is 8.31. The Morgan fingerprint density at radius 2 is 1.88 bits per heavy atom. The van der Waals surface area contributed by atoms with Crippen LogP contribution in [0.4, 0.5) is 5.95 Å². The minimum Gasteiger partial charge on any atom is -0.494 e. The van der Waals surface area contributed by atoms with E-state index in [0.29, 0.717) is 46.9 Å². The summed E-state index contributed by atoms with van der Waals surface area (Å²) in [5.74, 6) is 2.24. The van der Waals surface area contributed by atoms with Crippen molar-refractivity contribution in [3.8, 4) is 28.6 Å². The monoisotopic (exact) mass is 435 g/mol. The van der Waals surface area contributed by atoms with Gasteiger partial charge < -0.3 is 25.3 Å². The van der Waals surface area contributed by atoms with Crippen LogP contribution in [-0.4, -0.2) is 41.5 Å². The number of primary amides is 1. The van der Waals surface area contributed by atoms with E-state index in [9.17, 15) is 4.79 Å². The second kappa shape index (κ2) is 8.62. The van der Waals surface area contributed by atoms with Crippen LogP contribution in [0.15, 0.2) is 53.7 Å². The minimum absolute atomic E-state index is 0.397. The third kappa shape index (κ3) is 3.62. The lowest BCUT2D eigenvalue weighted by atomic mass is 9.94. The van der Waals surface area contributed by atoms with Crippen LogP contribution in [0, 0.1) is 0 Å². The highest BCUT2D eigenvalue weighted by Gasteiger charge is 2.35. The summed E-state index contributed by atoms with van der Waals surface area (Å²) in [7, 11) is 3.15. The number of nitrogens with two attached hydrogens (primary N) is 1. The molecule has 0 fully saturated rings. The molecule has 1 atom stereocenters. The van der Waals surface area contributed by atoms with Crippen LogP contribution in [0.3, 0.4) is 0 Å². The number of nitrogens with one attached hydrogen (secondary N) is 1. The average Bonchev–Trinajstić information content (AvgIpc) is 3.21. The summed E-state index contributed by atoms with van der Waals surface area (Å²) < 4.78 is 18.2. The summed E-state index contributed by atoms with van der Waals surface area (Å²) in [6.45, 7) is 4.19. The largest absolute Gasteiger partial charge is 0.494 e. The Morgan fingerprint density at radius 3 is 2.56 bits per heavy atom. The molecule has 2 heterocycles. The van der Waals surface area contributed by atoms with Crippen LogP contribution in [-0.2, 0) is 4.79 Å². The van der Waals surface area contributed by atoms with E-state index in [-0.39, 0.29) is 0 Å². The Bertz CT molecular complexity index is 1200. The average molecular weight is 435 g/mol. The van der Waals surface area contributed by atoms with Gasteiger partial charge in [0.05, 0.1) is 26.4 Å². The number of fused-ring (bicyclic) bond motifs is 1. The van der Waals surface area contributed by atoms with Gasteiger partial charge >= 0.3 is 0 Å². The van der Waals surface area contributed by atoms with Crippen molar-refractivity contribution in [2.24, 2.45) is 5.73 Å². The zero-order valence-corrected chi connectivity index (χ0v) is 18.4. The molecule has 9 nitrogen and oxygen atoms in total. The zero-order valence-electron chi connectivity index (χ0n) is 18.4.